The van der Waals surface area contributed by atoms with E-state index < -0.39 is 0 Å². The van der Waals surface area contributed by atoms with E-state index in [1.54, 1.807) is 6.07 Å². The lowest BCUT2D eigenvalue weighted by molar-refractivity contribution is 0.112. The molecule has 1 aromatic carbocycles. The van der Waals surface area contributed by atoms with Crippen LogP contribution in [-0.2, 0) is 0 Å². The van der Waals surface area contributed by atoms with Gasteiger partial charge in [0.15, 0.2) is 6.29 Å². The summed E-state index contributed by atoms with van der Waals surface area (Å²) < 4.78 is 5.24. The number of carbonyl (C=O) groups excluding carboxylic acids is 1. The van der Waals surface area contributed by atoms with Crippen LogP contribution in [0.15, 0.2) is 27.6 Å². The molecule has 0 atom stereocenters. The molecule has 15 heavy (non-hydrogen) atoms. The number of hydrogen-bond donors (Lipinski definition) is 0. The molecule has 0 amide bonds. The number of rotatable bonds is 1. The summed E-state index contributed by atoms with van der Waals surface area (Å²) in [5, 5.41) is 0.491. The molecular weight excluding hydrogens is 192 g/mol. The molecule has 2 rings (SSSR count). The monoisotopic (exact) mass is 202 g/mol. The van der Waals surface area contributed by atoms with Crippen molar-refractivity contribution in [3.05, 3.63) is 45.3 Å². The van der Waals surface area contributed by atoms with Gasteiger partial charge in [-0.3, -0.25) is 9.59 Å². The van der Waals surface area contributed by atoms with Crippen molar-refractivity contribution in [1.29, 1.82) is 0 Å². The van der Waals surface area contributed by atoms with Crippen LogP contribution >= 0.6 is 0 Å². The van der Waals surface area contributed by atoms with Gasteiger partial charge >= 0.3 is 0 Å². The van der Waals surface area contributed by atoms with Crippen molar-refractivity contribution in [2.75, 3.05) is 0 Å². The van der Waals surface area contributed by atoms with E-state index in [4.69, 9.17) is 4.42 Å². The van der Waals surface area contributed by atoms with Crippen molar-refractivity contribution in [1.82, 2.24) is 0 Å². The fraction of sp³-hybridized carbons (Fsp3) is 0.167. The molecule has 0 fully saturated rings. The Morgan fingerprint density at radius 3 is 2.67 bits per heavy atom. The largest absolute Gasteiger partial charge is 0.463 e. The minimum Gasteiger partial charge on any atom is -0.463 e. The first kappa shape index (κ1) is 9.65. The van der Waals surface area contributed by atoms with E-state index in [0.717, 1.165) is 11.1 Å². The third-order valence-electron chi connectivity index (χ3n) is 2.37. The third kappa shape index (κ3) is 1.46. The number of fused-ring (bicyclic) bond motifs is 1. The normalized spacial score (nSPS) is 10.5. The average Bonchev–Trinajstić information content (AvgIpc) is 2.17. The first-order valence-corrected chi connectivity index (χ1v) is 4.61. The lowest BCUT2D eigenvalue weighted by atomic mass is 10.1. The fourth-order valence-corrected chi connectivity index (χ4v) is 1.72. The molecule has 1 heterocycles. The summed E-state index contributed by atoms with van der Waals surface area (Å²) in [6.45, 7) is 3.76. The first-order valence-electron chi connectivity index (χ1n) is 4.61. The summed E-state index contributed by atoms with van der Waals surface area (Å²) in [6, 6.07) is 3.69. The minimum atomic E-state index is -0.260. The lowest BCUT2D eigenvalue weighted by Gasteiger charge is -2.02. The molecule has 0 aliphatic rings. The molecule has 0 N–H and O–H groups in total. The molecule has 0 aliphatic heterocycles. The molecule has 2 aromatic rings. The van der Waals surface area contributed by atoms with Crippen LogP contribution < -0.4 is 5.43 Å². The first-order chi connectivity index (χ1) is 7.13. The van der Waals surface area contributed by atoms with E-state index in [9.17, 15) is 9.59 Å². The van der Waals surface area contributed by atoms with Crippen LogP contribution in [0.2, 0.25) is 0 Å². The molecule has 0 bridgehead atoms. The predicted octanol–water partition coefficient (Wildman–Crippen LogP) is 2.22. The molecule has 76 valence electrons. The summed E-state index contributed by atoms with van der Waals surface area (Å²) in [7, 11) is 0. The Morgan fingerprint density at radius 2 is 2.00 bits per heavy atom. The third-order valence-corrected chi connectivity index (χ3v) is 2.37. The van der Waals surface area contributed by atoms with Crippen LogP contribution in [0.4, 0.5) is 0 Å². The Kier molecular flexibility index (Phi) is 2.15. The van der Waals surface area contributed by atoms with Gasteiger partial charge in [0.1, 0.15) is 11.8 Å². The molecule has 0 saturated carbocycles. The second kappa shape index (κ2) is 3.35. The number of carbonyl (C=O) groups is 1. The number of hydrogen-bond acceptors (Lipinski definition) is 3. The van der Waals surface area contributed by atoms with Crippen LogP contribution in [0, 0.1) is 13.8 Å². The highest BCUT2D eigenvalue weighted by Crippen LogP contribution is 2.17. The van der Waals surface area contributed by atoms with E-state index in [2.05, 4.69) is 0 Å². The van der Waals surface area contributed by atoms with Crippen molar-refractivity contribution in [3.63, 3.8) is 0 Å². The summed E-state index contributed by atoms with van der Waals surface area (Å²) in [5.74, 6) is 0. The molecule has 0 saturated heterocycles. The maximum Gasteiger partial charge on any atom is 0.203 e. The van der Waals surface area contributed by atoms with Gasteiger partial charge in [-0.15, -0.1) is 0 Å². The van der Waals surface area contributed by atoms with E-state index in [-0.39, 0.29) is 11.0 Å². The smallest absolute Gasteiger partial charge is 0.203 e. The zero-order valence-electron chi connectivity index (χ0n) is 8.53. The number of aldehydes is 1. The Bertz CT molecular complexity index is 594. The second-order valence-electron chi connectivity index (χ2n) is 3.59. The van der Waals surface area contributed by atoms with Crippen molar-refractivity contribution in [2.45, 2.75) is 13.8 Å². The summed E-state index contributed by atoms with van der Waals surface area (Å²) in [4.78, 5) is 22.4. The molecule has 0 spiro atoms. The molecule has 1 aromatic heterocycles. The van der Waals surface area contributed by atoms with Crippen LogP contribution in [0.5, 0.6) is 0 Å². The molecule has 3 nitrogen and oxygen atoms in total. The van der Waals surface area contributed by atoms with Gasteiger partial charge in [-0.2, -0.15) is 0 Å². The van der Waals surface area contributed by atoms with Crippen molar-refractivity contribution in [3.8, 4) is 0 Å². The maximum absolute atomic E-state index is 11.8. The predicted molar refractivity (Wildman–Crippen MR) is 57.3 cm³/mol. The zero-order chi connectivity index (χ0) is 11.0. The van der Waals surface area contributed by atoms with Gasteiger partial charge in [0.2, 0.25) is 5.43 Å². The topological polar surface area (TPSA) is 47.3 Å². The quantitative estimate of drug-likeness (QED) is 0.666. The van der Waals surface area contributed by atoms with Gasteiger partial charge in [0.25, 0.3) is 0 Å². The average molecular weight is 202 g/mol. The fourth-order valence-electron chi connectivity index (χ4n) is 1.72. The van der Waals surface area contributed by atoms with Gasteiger partial charge in [0.05, 0.1) is 10.9 Å². The van der Waals surface area contributed by atoms with Gasteiger partial charge in [0, 0.05) is 0 Å². The van der Waals surface area contributed by atoms with Crippen LogP contribution in [0.25, 0.3) is 11.0 Å². The number of benzene rings is 1. The molecule has 0 aliphatic carbocycles. The maximum atomic E-state index is 11.8. The van der Waals surface area contributed by atoms with Gasteiger partial charge < -0.3 is 4.42 Å². The van der Waals surface area contributed by atoms with Gasteiger partial charge in [-0.05, 0) is 31.0 Å². The highest BCUT2D eigenvalue weighted by Gasteiger charge is 2.08. The van der Waals surface area contributed by atoms with Crippen molar-refractivity contribution < 1.29 is 9.21 Å². The summed E-state index contributed by atoms with van der Waals surface area (Å²) >= 11 is 0. The summed E-state index contributed by atoms with van der Waals surface area (Å²) in [5.41, 5.74) is 2.20. The van der Waals surface area contributed by atoms with Crippen molar-refractivity contribution in [2.24, 2.45) is 0 Å². The van der Waals surface area contributed by atoms with Crippen LogP contribution in [0.3, 0.4) is 0 Å². The molecule has 0 radical (unpaired) electrons. The van der Waals surface area contributed by atoms with Gasteiger partial charge in [-0.1, -0.05) is 6.07 Å². The SMILES string of the molecule is Cc1cc(C)c2c(=O)c(C=O)coc2c1. The Balaban J connectivity index is 2.99. The zero-order valence-corrected chi connectivity index (χ0v) is 8.53. The minimum absolute atomic E-state index is 0.0643. The van der Waals surface area contributed by atoms with Crippen LogP contribution in [-0.4, -0.2) is 6.29 Å². The summed E-state index contributed by atoms with van der Waals surface area (Å²) in [6.07, 6.45) is 1.72. The van der Waals surface area contributed by atoms with E-state index in [1.165, 1.54) is 6.26 Å². The van der Waals surface area contributed by atoms with Gasteiger partial charge in [-0.25, -0.2) is 0 Å². The Labute approximate surface area is 86.3 Å². The standard InChI is InChI=1S/C12H10O3/c1-7-3-8(2)11-10(4-7)15-6-9(5-13)12(11)14/h3-6H,1-2H3. The van der Waals surface area contributed by atoms with E-state index >= 15 is 0 Å². The second-order valence-corrected chi connectivity index (χ2v) is 3.59. The number of aryl methyl sites for hydroxylation is 2. The van der Waals surface area contributed by atoms with E-state index in [1.807, 2.05) is 19.9 Å². The highest BCUT2D eigenvalue weighted by atomic mass is 16.3. The molecule has 0 unspecified atom stereocenters. The highest BCUT2D eigenvalue weighted by molar-refractivity contribution is 5.86. The Morgan fingerprint density at radius 1 is 1.27 bits per heavy atom. The van der Waals surface area contributed by atoms with E-state index in [0.29, 0.717) is 17.3 Å². The Hall–Kier alpha value is -1.90. The lowest BCUT2D eigenvalue weighted by Crippen LogP contribution is -2.08. The molecule has 3 heteroatoms. The van der Waals surface area contributed by atoms with Crippen molar-refractivity contribution >= 4 is 17.3 Å². The molecular formula is C12H10O3. The van der Waals surface area contributed by atoms with Crippen LogP contribution in [0.1, 0.15) is 21.5 Å².